The molecular formula is C25H15N7. The molecule has 0 amide bonds. The summed E-state index contributed by atoms with van der Waals surface area (Å²) in [6.07, 6.45) is 5.05. The first-order valence-corrected chi connectivity index (χ1v) is 10.3. The maximum Gasteiger partial charge on any atom is 0.169 e. The molecule has 7 rings (SSSR count). The summed E-state index contributed by atoms with van der Waals surface area (Å²) in [5, 5.41) is 1.06. The number of benzene rings is 2. The zero-order chi connectivity index (χ0) is 21.1. The molecule has 0 atom stereocenters. The summed E-state index contributed by atoms with van der Waals surface area (Å²) in [6.45, 7) is 0. The maximum absolute atomic E-state index is 5.17. The van der Waals surface area contributed by atoms with Crippen molar-refractivity contribution in [3.8, 4) is 11.5 Å². The molecule has 5 heterocycles. The van der Waals surface area contributed by atoms with Crippen LogP contribution >= 0.6 is 0 Å². The quantitative estimate of drug-likeness (QED) is 0.405. The first-order valence-electron chi connectivity index (χ1n) is 10.3. The van der Waals surface area contributed by atoms with E-state index in [-0.39, 0.29) is 0 Å². The summed E-state index contributed by atoms with van der Waals surface area (Å²) in [5.74, 6) is 0.726. The second kappa shape index (κ2) is 6.42. The van der Waals surface area contributed by atoms with Crippen LogP contribution in [0.5, 0.6) is 0 Å². The van der Waals surface area contributed by atoms with Gasteiger partial charge in [-0.15, -0.1) is 0 Å². The Balaban J connectivity index is 1.71. The minimum absolute atomic E-state index is 0.713. The van der Waals surface area contributed by atoms with Crippen LogP contribution in [0, 0.1) is 0 Å². The van der Waals surface area contributed by atoms with Gasteiger partial charge in [-0.3, -0.25) is 14.1 Å². The fraction of sp³-hybridized carbons (Fsp3) is 0. The molecule has 0 fully saturated rings. The molecule has 0 spiro atoms. The van der Waals surface area contributed by atoms with Crippen LogP contribution in [0.1, 0.15) is 0 Å². The minimum Gasteiger partial charge on any atom is -0.292 e. The number of hydrogen-bond donors (Lipinski definition) is 0. The number of aromatic nitrogens is 7. The molecule has 0 aliphatic rings. The smallest absolute Gasteiger partial charge is 0.169 e. The van der Waals surface area contributed by atoms with E-state index >= 15 is 0 Å². The van der Waals surface area contributed by atoms with Crippen molar-refractivity contribution in [2.24, 2.45) is 0 Å². The SMILES string of the molecule is c1ccc(-n2c3ccccc3c3nc4c5ncccc5n(-c5ccncn5)c4nc32)cc1. The van der Waals surface area contributed by atoms with Gasteiger partial charge in [-0.2, -0.15) is 0 Å². The molecular weight excluding hydrogens is 398 g/mol. The van der Waals surface area contributed by atoms with Crippen LogP contribution in [-0.4, -0.2) is 34.1 Å². The number of pyridine rings is 1. The summed E-state index contributed by atoms with van der Waals surface area (Å²) in [5.41, 5.74) is 6.92. The lowest BCUT2D eigenvalue weighted by atomic mass is 10.2. The van der Waals surface area contributed by atoms with Gasteiger partial charge in [0.05, 0.1) is 11.0 Å². The Morgan fingerprint density at radius 1 is 0.562 bits per heavy atom. The van der Waals surface area contributed by atoms with E-state index in [2.05, 4.69) is 43.8 Å². The molecule has 0 saturated carbocycles. The van der Waals surface area contributed by atoms with E-state index in [4.69, 9.17) is 9.97 Å². The van der Waals surface area contributed by atoms with Crippen LogP contribution in [0.3, 0.4) is 0 Å². The second-order valence-corrected chi connectivity index (χ2v) is 7.53. The third-order valence-corrected chi connectivity index (χ3v) is 5.74. The third kappa shape index (κ3) is 2.27. The van der Waals surface area contributed by atoms with Gasteiger partial charge >= 0.3 is 0 Å². The molecule has 150 valence electrons. The Kier molecular flexibility index (Phi) is 3.43. The number of hydrogen-bond acceptors (Lipinski definition) is 5. The Morgan fingerprint density at radius 3 is 2.25 bits per heavy atom. The van der Waals surface area contributed by atoms with Crippen molar-refractivity contribution in [1.29, 1.82) is 0 Å². The van der Waals surface area contributed by atoms with Crippen LogP contribution in [0.25, 0.3) is 55.8 Å². The van der Waals surface area contributed by atoms with Crippen molar-refractivity contribution >= 4 is 44.3 Å². The predicted molar refractivity (Wildman–Crippen MR) is 124 cm³/mol. The van der Waals surface area contributed by atoms with Gasteiger partial charge in [0.25, 0.3) is 0 Å². The fourth-order valence-corrected chi connectivity index (χ4v) is 4.41. The Morgan fingerprint density at radius 2 is 1.38 bits per heavy atom. The number of rotatable bonds is 2. The molecule has 7 heteroatoms. The predicted octanol–water partition coefficient (Wildman–Crippen LogP) is 4.86. The van der Waals surface area contributed by atoms with E-state index in [0.717, 1.165) is 50.1 Å². The number of para-hydroxylation sites is 2. The molecule has 0 aliphatic heterocycles. The topological polar surface area (TPSA) is 74.3 Å². The highest BCUT2D eigenvalue weighted by Crippen LogP contribution is 2.34. The van der Waals surface area contributed by atoms with Gasteiger partial charge < -0.3 is 0 Å². The molecule has 0 radical (unpaired) electrons. The van der Waals surface area contributed by atoms with Crippen LogP contribution in [0.4, 0.5) is 0 Å². The zero-order valence-electron chi connectivity index (χ0n) is 16.8. The minimum atomic E-state index is 0.713. The highest BCUT2D eigenvalue weighted by molar-refractivity contribution is 6.11. The third-order valence-electron chi connectivity index (χ3n) is 5.74. The van der Waals surface area contributed by atoms with Crippen LogP contribution in [-0.2, 0) is 0 Å². The Hall–Kier alpha value is -4.65. The first-order chi connectivity index (χ1) is 15.9. The van der Waals surface area contributed by atoms with Gasteiger partial charge in [0.1, 0.15) is 28.7 Å². The molecule has 2 aromatic carbocycles. The molecule has 0 unspecified atom stereocenters. The van der Waals surface area contributed by atoms with E-state index in [0.29, 0.717) is 5.65 Å². The normalized spacial score (nSPS) is 11.8. The van der Waals surface area contributed by atoms with Gasteiger partial charge in [0.15, 0.2) is 11.3 Å². The average molecular weight is 413 g/mol. The van der Waals surface area contributed by atoms with E-state index in [1.54, 1.807) is 12.4 Å². The molecule has 0 saturated heterocycles. The average Bonchev–Trinajstić information content (AvgIpc) is 3.36. The van der Waals surface area contributed by atoms with E-state index in [1.807, 2.05) is 53.1 Å². The second-order valence-electron chi connectivity index (χ2n) is 7.53. The van der Waals surface area contributed by atoms with Crippen molar-refractivity contribution < 1.29 is 0 Å². The summed E-state index contributed by atoms with van der Waals surface area (Å²) >= 11 is 0. The lowest BCUT2D eigenvalue weighted by Crippen LogP contribution is -2.01. The van der Waals surface area contributed by atoms with Crippen LogP contribution in [0.2, 0.25) is 0 Å². The van der Waals surface area contributed by atoms with Gasteiger partial charge in [-0.25, -0.2) is 19.9 Å². The van der Waals surface area contributed by atoms with Gasteiger partial charge in [0.2, 0.25) is 0 Å². The summed E-state index contributed by atoms with van der Waals surface area (Å²) in [4.78, 5) is 23.5. The fourth-order valence-electron chi connectivity index (χ4n) is 4.41. The lowest BCUT2D eigenvalue weighted by molar-refractivity contribution is 1.02. The molecule has 0 bridgehead atoms. The zero-order valence-corrected chi connectivity index (χ0v) is 16.8. The highest BCUT2D eigenvalue weighted by Gasteiger charge is 2.21. The Bertz CT molecular complexity index is 1640. The van der Waals surface area contributed by atoms with Crippen LogP contribution in [0.15, 0.2) is 91.5 Å². The summed E-state index contributed by atoms with van der Waals surface area (Å²) < 4.78 is 4.16. The van der Waals surface area contributed by atoms with E-state index in [1.165, 1.54) is 6.33 Å². The van der Waals surface area contributed by atoms with Crippen molar-refractivity contribution in [3.63, 3.8) is 0 Å². The molecule has 5 aromatic heterocycles. The maximum atomic E-state index is 5.17. The monoisotopic (exact) mass is 413 g/mol. The van der Waals surface area contributed by atoms with Crippen molar-refractivity contribution in [2.75, 3.05) is 0 Å². The number of fused-ring (bicyclic) bond motifs is 6. The van der Waals surface area contributed by atoms with E-state index in [9.17, 15) is 0 Å². The highest BCUT2D eigenvalue weighted by atomic mass is 15.2. The van der Waals surface area contributed by atoms with Gasteiger partial charge in [-0.05, 0) is 36.4 Å². The molecule has 32 heavy (non-hydrogen) atoms. The standard InChI is InChI=1S/C25H15N7/c1-2-7-16(8-3-1)31-18-10-5-4-9-17(18)21-24(31)30-25-23(29-21)22-19(11-6-13-27-22)32(25)20-12-14-26-15-28-20/h1-15H. The van der Waals surface area contributed by atoms with Crippen LogP contribution < -0.4 is 0 Å². The van der Waals surface area contributed by atoms with Crippen molar-refractivity contribution in [2.45, 2.75) is 0 Å². The molecule has 7 aromatic rings. The van der Waals surface area contributed by atoms with Gasteiger partial charge in [0, 0.05) is 23.5 Å². The molecule has 7 nitrogen and oxygen atoms in total. The van der Waals surface area contributed by atoms with Crippen molar-refractivity contribution in [1.82, 2.24) is 34.1 Å². The lowest BCUT2D eigenvalue weighted by Gasteiger charge is -2.07. The number of nitrogens with zero attached hydrogens (tertiary/aromatic N) is 7. The van der Waals surface area contributed by atoms with E-state index < -0.39 is 0 Å². The Labute approximate surface area is 181 Å². The molecule has 0 N–H and O–H groups in total. The first kappa shape index (κ1) is 17.1. The van der Waals surface area contributed by atoms with Gasteiger partial charge in [-0.1, -0.05) is 36.4 Å². The largest absolute Gasteiger partial charge is 0.292 e. The summed E-state index contributed by atoms with van der Waals surface area (Å²) in [6, 6.07) is 24.3. The summed E-state index contributed by atoms with van der Waals surface area (Å²) in [7, 11) is 0. The molecule has 0 aliphatic carbocycles. The van der Waals surface area contributed by atoms with Crippen molar-refractivity contribution in [3.05, 3.63) is 91.5 Å².